The van der Waals surface area contributed by atoms with Crippen molar-refractivity contribution in [2.75, 3.05) is 6.54 Å². The summed E-state index contributed by atoms with van der Waals surface area (Å²) in [4.78, 5) is 12.9. The van der Waals surface area contributed by atoms with Crippen molar-refractivity contribution in [3.8, 4) is 0 Å². The molecule has 0 heterocycles. The van der Waals surface area contributed by atoms with Gasteiger partial charge in [0.25, 0.3) is 0 Å². The van der Waals surface area contributed by atoms with Crippen molar-refractivity contribution in [2.45, 2.75) is 44.6 Å². The van der Waals surface area contributed by atoms with Gasteiger partial charge >= 0.3 is 6.03 Å². The lowest BCUT2D eigenvalue weighted by Gasteiger charge is -2.56. The number of hydrogen-bond acceptors (Lipinski definition) is 1. The highest BCUT2D eigenvalue weighted by atomic mass is 16.2. The summed E-state index contributed by atoms with van der Waals surface area (Å²) in [6, 6.07) is 20.3. The van der Waals surface area contributed by atoms with Crippen LogP contribution in [-0.4, -0.2) is 12.6 Å². The number of rotatable bonds is 5. The van der Waals surface area contributed by atoms with E-state index < -0.39 is 0 Å². The first kappa shape index (κ1) is 17.8. The third kappa shape index (κ3) is 3.55. The predicted octanol–water partition coefficient (Wildman–Crippen LogP) is 5.29. The fraction of sp³-hybridized carbons (Fsp3) is 0.480. The maximum atomic E-state index is 12.9. The van der Waals surface area contributed by atoms with Gasteiger partial charge in [-0.2, -0.15) is 0 Å². The molecule has 0 radical (unpaired) electrons. The van der Waals surface area contributed by atoms with Crippen LogP contribution in [0.25, 0.3) is 0 Å². The molecule has 146 valence electrons. The highest BCUT2D eigenvalue weighted by molar-refractivity contribution is 5.75. The SMILES string of the molecule is O=C(NCC12CC3CC(CC(C3)C1)C2)NC(c1ccccc1)c1ccccc1. The summed E-state index contributed by atoms with van der Waals surface area (Å²) in [6.45, 7) is 0.832. The molecule has 4 bridgehead atoms. The van der Waals surface area contributed by atoms with Gasteiger partial charge in [0.05, 0.1) is 6.04 Å². The van der Waals surface area contributed by atoms with Crippen molar-refractivity contribution in [1.29, 1.82) is 0 Å². The lowest BCUT2D eigenvalue weighted by molar-refractivity contribution is -0.0498. The normalized spacial score (nSPS) is 30.4. The Kier molecular flexibility index (Phi) is 4.62. The lowest BCUT2D eigenvalue weighted by atomic mass is 9.49. The third-order valence-electron chi connectivity index (χ3n) is 7.33. The molecule has 3 heteroatoms. The van der Waals surface area contributed by atoms with Gasteiger partial charge in [-0.15, -0.1) is 0 Å². The molecule has 2 amide bonds. The summed E-state index contributed by atoms with van der Waals surface area (Å²) in [5, 5.41) is 6.49. The Bertz CT molecular complexity index is 742. The average Bonchev–Trinajstić information content (AvgIpc) is 2.71. The van der Waals surface area contributed by atoms with Gasteiger partial charge in [0.1, 0.15) is 0 Å². The topological polar surface area (TPSA) is 41.1 Å². The van der Waals surface area contributed by atoms with E-state index in [1.165, 1.54) is 38.5 Å². The highest BCUT2D eigenvalue weighted by Gasteiger charge is 2.50. The van der Waals surface area contributed by atoms with Crippen LogP contribution in [0, 0.1) is 23.2 Å². The summed E-state index contributed by atoms with van der Waals surface area (Å²) >= 11 is 0. The Morgan fingerprint density at radius 2 is 1.29 bits per heavy atom. The van der Waals surface area contributed by atoms with Gasteiger partial charge in [-0.05, 0) is 72.8 Å². The van der Waals surface area contributed by atoms with E-state index in [-0.39, 0.29) is 12.1 Å². The molecule has 3 nitrogen and oxygen atoms in total. The Morgan fingerprint density at radius 3 is 1.75 bits per heavy atom. The van der Waals surface area contributed by atoms with Crippen molar-refractivity contribution in [3.63, 3.8) is 0 Å². The van der Waals surface area contributed by atoms with Crippen LogP contribution in [0.3, 0.4) is 0 Å². The smallest absolute Gasteiger partial charge is 0.315 e. The van der Waals surface area contributed by atoms with Gasteiger partial charge in [0.2, 0.25) is 0 Å². The number of benzene rings is 2. The van der Waals surface area contributed by atoms with E-state index in [2.05, 4.69) is 34.9 Å². The van der Waals surface area contributed by atoms with Crippen LogP contribution in [0.2, 0.25) is 0 Å². The molecule has 0 aliphatic heterocycles. The maximum absolute atomic E-state index is 12.9. The van der Waals surface area contributed by atoms with E-state index in [4.69, 9.17) is 0 Å². The minimum absolute atomic E-state index is 0.0477. The summed E-state index contributed by atoms with van der Waals surface area (Å²) < 4.78 is 0. The minimum Gasteiger partial charge on any atom is -0.338 e. The van der Waals surface area contributed by atoms with E-state index in [9.17, 15) is 4.79 Å². The summed E-state index contributed by atoms with van der Waals surface area (Å²) in [5.41, 5.74) is 2.58. The van der Waals surface area contributed by atoms with Gasteiger partial charge in [-0.1, -0.05) is 60.7 Å². The number of amides is 2. The molecule has 0 spiro atoms. The van der Waals surface area contributed by atoms with Crippen molar-refractivity contribution in [2.24, 2.45) is 23.2 Å². The highest BCUT2D eigenvalue weighted by Crippen LogP contribution is 2.59. The fourth-order valence-electron chi connectivity index (χ4n) is 6.61. The van der Waals surface area contributed by atoms with E-state index in [1.54, 1.807) is 0 Å². The minimum atomic E-state index is -0.126. The van der Waals surface area contributed by atoms with Crippen LogP contribution >= 0.6 is 0 Å². The molecule has 28 heavy (non-hydrogen) atoms. The van der Waals surface area contributed by atoms with Crippen LogP contribution in [0.4, 0.5) is 4.79 Å². The molecule has 0 aromatic heterocycles. The van der Waals surface area contributed by atoms with Gasteiger partial charge in [-0.3, -0.25) is 0 Å². The molecule has 0 atom stereocenters. The zero-order chi connectivity index (χ0) is 19.0. The van der Waals surface area contributed by atoms with Crippen molar-refractivity contribution in [1.82, 2.24) is 10.6 Å². The molecule has 4 aliphatic carbocycles. The molecule has 2 aromatic rings. The first-order chi connectivity index (χ1) is 13.7. The Labute approximate surface area is 167 Å². The maximum Gasteiger partial charge on any atom is 0.315 e. The predicted molar refractivity (Wildman–Crippen MR) is 112 cm³/mol. The molecule has 4 saturated carbocycles. The number of urea groups is 1. The third-order valence-corrected chi connectivity index (χ3v) is 7.33. The molecule has 6 rings (SSSR count). The number of nitrogens with one attached hydrogen (secondary N) is 2. The van der Waals surface area contributed by atoms with E-state index in [0.29, 0.717) is 5.41 Å². The monoisotopic (exact) mass is 374 g/mol. The molecule has 4 aliphatic rings. The average molecular weight is 375 g/mol. The zero-order valence-electron chi connectivity index (χ0n) is 16.4. The molecule has 4 fully saturated rings. The van der Waals surface area contributed by atoms with E-state index in [1.807, 2.05) is 36.4 Å². The molecular weight excluding hydrogens is 344 g/mol. The van der Waals surface area contributed by atoms with E-state index >= 15 is 0 Å². The summed E-state index contributed by atoms with van der Waals surface area (Å²) in [5.74, 6) is 2.74. The largest absolute Gasteiger partial charge is 0.338 e. The zero-order valence-corrected chi connectivity index (χ0v) is 16.4. The van der Waals surface area contributed by atoms with Gasteiger partial charge in [-0.25, -0.2) is 4.79 Å². The summed E-state index contributed by atoms with van der Waals surface area (Å²) in [7, 11) is 0. The first-order valence-electron chi connectivity index (χ1n) is 10.8. The molecular formula is C25H30N2O. The summed E-state index contributed by atoms with van der Waals surface area (Å²) in [6.07, 6.45) is 8.28. The van der Waals surface area contributed by atoms with Gasteiger partial charge in [0, 0.05) is 6.54 Å². The lowest BCUT2D eigenvalue weighted by Crippen LogP contribution is -2.52. The second-order valence-electron chi connectivity index (χ2n) is 9.50. The van der Waals surface area contributed by atoms with Crippen molar-refractivity contribution >= 4 is 6.03 Å². The van der Waals surface area contributed by atoms with Crippen LogP contribution in [-0.2, 0) is 0 Å². The molecule has 2 N–H and O–H groups in total. The molecule has 2 aromatic carbocycles. The Balaban J connectivity index is 1.27. The standard InChI is InChI=1S/C25H30N2O/c28-24(26-17-25-14-18-11-19(15-25)13-20(12-18)16-25)27-23(21-7-3-1-4-8-21)22-9-5-2-6-10-22/h1-10,18-20,23H,11-17H2,(H2,26,27,28). The van der Waals surface area contributed by atoms with Crippen LogP contribution < -0.4 is 10.6 Å². The number of carbonyl (C=O) groups excluding carboxylic acids is 1. The Morgan fingerprint density at radius 1 is 0.821 bits per heavy atom. The van der Waals surface area contributed by atoms with E-state index in [0.717, 1.165) is 35.4 Å². The second-order valence-corrected chi connectivity index (χ2v) is 9.50. The molecule has 0 saturated heterocycles. The number of carbonyl (C=O) groups is 1. The van der Waals surface area contributed by atoms with Crippen molar-refractivity contribution in [3.05, 3.63) is 71.8 Å². The molecule has 0 unspecified atom stereocenters. The van der Waals surface area contributed by atoms with Gasteiger partial charge in [0.15, 0.2) is 0 Å². The van der Waals surface area contributed by atoms with Crippen molar-refractivity contribution < 1.29 is 4.79 Å². The van der Waals surface area contributed by atoms with Crippen LogP contribution in [0.15, 0.2) is 60.7 Å². The van der Waals surface area contributed by atoms with Gasteiger partial charge < -0.3 is 10.6 Å². The van der Waals surface area contributed by atoms with Crippen LogP contribution in [0.1, 0.15) is 55.7 Å². The fourth-order valence-corrected chi connectivity index (χ4v) is 6.61. The quantitative estimate of drug-likeness (QED) is 0.733. The number of hydrogen-bond donors (Lipinski definition) is 2. The first-order valence-corrected chi connectivity index (χ1v) is 10.8. The Hall–Kier alpha value is -2.29. The van der Waals surface area contributed by atoms with Crippen LogP contribution in [0.5, 0.6) is 0 Å². The second kappa shape index (κ2) is 7.27.